The van der Waals surface area contributed by atoms with Gasteiger partial charge in [-0.25, -0.2) is 4.98 Å². The molecule has 0 atom stereocenters. The van der Waals surface area contributed by atoms with Crippen molar-refractivity contribution in [2.24, 2.45) is 0 Å². The van der Waals surface area contributed by atoms with Gasteiger partial charge in [0.05, 0.1) is 5.69 Å². The second-order valence-electron chi connectivity index (χ2n) is 5.13. The maximum Gasteiger partial charge on any atom is 0.315 e. The third-order valence-corrected chi connectivity index (χ3v) is 4.52. The summed E-state index contributed by atoms with van der Waals surface area (Å²) in [6, 6.07) is 16.7. The second kappa shape index (κ2) is 7.92. The Morgan fingerprint density at radius 2 is 1.72 bits per heavy atom. The predicted octanol–water partition coefficient (Wildman–Crippen LogP) is 3.72. The number of anilines is 1. The van der Waals surface area contributed by atoms with Gasteiger partial charge in [-0.2, -0.15) is 0 Å². The highest BCUT2D eigenvalue weighted by Gasteiger charge is 2.16. The number of aromatic nitrogens is 1. The summed E-state index contributed by atoms with van der Waals surface area (Å²) in [5, 5.41) is 7.78. The summed E-state index contributed by atoms with van der Waals surface area (Å²) in [5.41, 5.74) is 2.44. The van der Waals surface area contributed by atoms with Gasteiger partial charge >= 0.3 is 11.8 Å². The van der Waals surface area contributed by atoms with Crippen LogP contribution in [0.3, 0.4) is 0 Å². The van der Waals surface area contributed by atoms with E-state index >= 15 is 0 Å². The van der Waals surface area contributed by atoms with Crippen LogP contribution in [0, 0.1) is 0 Å². The molecule has 0 aliphatic heterocycles. The molecule has 0 aliphatic rings. The average molecular weight is 372 g/mol. The standard InChI is InChI=1S/C18H14ClN3O2S/c19-14-9-5-4-8-13(14)10-20-16(23)17(24)22-18-21-15(11-25-18)12-6-2-1-3-7-12/h1-9,11H,10H2,(H,20,23)(H,21,22,24). The van der Waals surface area contributed by atoms with Crippen molar-refractivity contribution in [2.75, 3.05) is 5.32 Å². The van der Waals surface area contributed by atoms with E-state index in [1.165, 1.54) is 11.3 Å². The lowest BCUT2D eigenvalue weighted by atomic mass is 10.2. The number of amides is 2. The Kier molecular flexibility index (Phi) is 5.42. The van der Waals surface area contributed by atoms with E-state index in [1.54, 1.807) is 18.2 Å². The van der Waals surface area contributed by atoms with Crippen LogP contribution in [-0.2, 0) is 16.1 Å². The third kappa shape index (κ3) is 4.43. The van der Waals surface area contributed by atoms with E-state index in [2.05, 4.69) is 15.6 Å². The first-order valence-corrected chi connectivity index (χ1v) is 8.73. The summed E-state index contributed by atoms with van der Waals surface area (Å²) >= 11 is 7.28. The number of benzene rings is 2. The molecule has 0 radical (unpaired) electrons. The van der Waals surface area contributed by atoms with Crippen LogP contribution in [0.15, 0.2) is 60.0 Å². The second-order valence-corrected chi connectivity index (χ2v) is 6.40. The molecule has 7 heteroatoms. The van der Waals surface area contributed by atoms with E-state index in [0.717, 1.165) is 16.8 Å². The minimum Gasteiger partial charge on any atom is -0.344 e. The Morgan fingerprint density at radius 3 is 2.48 bits per heavy atom. The number of carbonyl (C=O) groups excluding carboxylic acids is 2. The topological polar surface area (TPSA) is 71.1 Å². The van der Waals surface area contributed by atoms with E-state index < -0.39 is 11.8 Å². The molecular formula is C18H14ClN3O2S. The Bertz CT molecular complexity index is 896. The molecule has 3 aromatic rings. The van der Waals surface area contributed by atoms with Gasteiger partial charge in [-0.1, -0.05) is 60.1 Å². The molecule has 0 bridgehead atoms. The highest BCUT2D eigenvalue weighted by Crippen LogP contribution is 2.24. The number of hydrogen-bond acceptors (Lipinski definition) is 4. The van der Waals surface area contributed by atoms with Crippen LogP contribution in [0.5, 0.6) is 0 Å². The molecular weight excluding hydrogens is 358 g/mol. The molecule has 0 fully saturated rings. The maximum atomic E-state index is 12.0. The van der Waals surface area contributed by atoms with Crippen molar-refractivity contribution in [3.8, 4) is 11.3 Å². The van der Waals surface area contributed by atoms with Crippen molar-refractivity contribution in [1.82, 2.24) is 10.3 Å². The Balaban J connectivity index is 1.58. The van der Waals surface area contributed by atoms with Crippen LogP contribution >= 0.6 is 22.9 Å². The van der Waals surface area contributed by atoms with Gasteiger partial charge in [0.25, 0.3) is 0 Å². The third-order valence-electron chi connectivity index (χ3n) is 3.40. The normalized spacial score (nSPS) is 10.3. The first kappa shape index (κ1) is 17.1. The minimum atomic E-state index is -0.763. The summed E-state index contributed by atoms with van der Waals surface area (Å²) in [7, 11) is 0. The zero-order chi connectivity index (χ0) is 17.6. The summed E-state index contributed by atoms with van der Waals surface area (Å²) in [6.45, 7) is 0.180. The quantitative estimate of drug-likeness (QED) is 0.686. The fourth-order valence-electron chi connectivity index (χ4n) is 2.12. The van der Waals surface area contributed by atoms with Crippen molar-refractivity contribution in [2.45, 2.75) is 6.54 Å². The number of carbonyl (C=O) groups is 2. The molecule has 0 aliphatic carbocycles. The maximum absolute atomic E-state index is 12.0. The lowest BCUT2D eigenvalue weighted by molar-refractivity contribution is -0.136. The minimum absolute atomic E-state index is 0.180. The largest absolute Gasteiger partial charge is 0.344 e. The molecule has 126 valence electrons. The van der Waals surface area contributed by atoms with Crippen LogP contribution in [0.4, 0.5) is 5.13 Å². The van der Waals surface area contributed by atoms with Crippen LogP contribution in [-0.4, -0.2) is 16.8 Å². The number of halogens is 1. The SMILES string of the molecule is O=C(NCc1ccccc1Cl)C(=O)Nc1nc(-c2ccccc2)cs1. The molecule has 2 aromatic carbocycles. The van der Waals surface area contributed by atoms with Gasteiger partial charge in [0.2, 0.25) is 0 Å². The molecule has 0 saturated heterocycles. The summed E-state index contributed by atoms with van der Waals surface area (Å²) in [6.07, 6.45) is 0. The van der Waals surface area contributed by atoms with Gasteiger partial charge in [-0.05, 0) is 11.6 Å². The number of nitrogens with one attached hydrogen (secondary N) is 2. The fraction of sp³-hybridized carbons (Fsp3) is 0.0556. The van der Waals surface area contributed by atoms with Crippen molar-refractivity contribution in [1.29, 1.82) is 0 Å². The first-order valence-electron chi connectivity index (χ1n) is 7.47. The number of rotatable bonds is 4. The Morgan fingerprint density at radius 1 is 1.00 bits per heavy atom. The molecule has 0 saturated carbocycles. The first-order chi connectivity index (χ1) is 12.1. The Labute approximate surface area is 153 Å². The highest BCUT2D eigenvalue weighted by molar-refractivity contribution is 7.14. The van der Waals surface area contributed by atoms with Gasteiger partial charge in [-0.3, -0.25) is 14.9 Å². The van der Waals surface area contributed by atoms with Crippen LogP contribution in [0.25, 0.3) is 11.3 Å². The molecule has 1 heterocycles. The molecule has 2 N–H and O–H groups in total. The molecule has 2 amide bonds. The van der Waals surface area contributed by atoms with Gasteiger partial charge in [0, 0.05) is 22.5 Å². The van der Waals surface area contributed by atoms with E-state index in [1.807, 2.05) is 41.8 Å². The van der Waals surface area contributed by atoms with Crippen molar-refractivity contribution in [3.05, 3.63) is 70.6 Å². The number of nitrogens with zero attached hydrogens (tertiary/aromatic N) is 1. The van der Waals surface area contributed by atoms with Gasteiger partial charge in [0.15, 0.2) is 5.13 Å². The van der Waals surface area contributed by atoms with Crippen LogP contribution in [0.1, 0.15) is 5.56 Å². The molecule has 0 unspecified atom stereocenters. The molecule has 1 aromatic heterocycles. The lowest BCUT2D eigenvalue weighted by Gasteiger charge is -2.06. The molecule has 5 nitrogen and oxygen atoms in total. The predicted molar refractivity (Wildman–Crippen MR) is 99.5 cm³/mol. The van der Waals surface area contributed by atoms with Crippen molar-refractivity contribution in [3.63, 3.8) is 0 Å². The fourth-order valence-corrected chi connectivity index (χ4v) is 3.04. The average Bonchev–Trinajstić information content (AvgIpc) is 3.10. The number of hydrogen-bond donors (Lipinski definition) is 2. The molecule has 25 heavy (non-hydrogen) atoms. The van der Waals surface area contributed by atoms with Crippen LogP contribution < -0.4 is 10.6 Å². The van der Waals surface area contributed by atoms with Gasteiger partial charge < -0.3 is 5.32 Å². The lowest BCUT2D eigenvalue weighted by Crippen LogP contribution is -2.35. The van der Waals surface area contributed by atoms with Crippen molar-refractivity contribution < 1.29 is 9.59 Å². The monoisotopic (exact) mass is 371 g/mol. The van der Waals surface area contributed by atoms with Crippen molar-refractivity contribution >= 4 is 39.9 Å². The number of thiazole rings is 1. The highest BCUT2D eigenvalue weighted by atomic mass is 35.5. The smallest absolute Gasteiger partial charge is 0.315 e. The Hall–Kier alpha value is -2.70. The van der Waals surface area contributed by atoms with Gasteiger partial charge in [-0.15, -0.1) is 11.3 Å². The van der Waals surface area contributed by atoms with Crippen LogP contribution in [0.2, 0.25) is 5.02 Å². The van der Waals surface area contributed by atoms with E-state index in [9.17, 15) is 9.59 Å². The summed E-state index contributed by atoms with van der Waals surface area (Å²) in [5.74, 6) is -1.50. The summed E-state index contributed by atoms with van der Waals surface area (Å²) < 4.78 is 0. The van der Waals surface area contributed by atoms with Gasteiger partial charge in [0.1, 0.15) is 0 Å². The van der Waals surface area contributed by atoms with E-state index in [4.69, 9.17) is 11.6 Å². The van der Waals surface area contributed by atoms with E-state index in [0.29, 0.717) is 10.2 Å². The van der Waals surface area contributed by atoms with E-state index in [-0.39, 0.29) is 6.54 Å². The molecule has 0 spiro atoms. The zero-order valence-corrected chi connectivity index (χ0v) is 14.6. The zero-order valence-electron chi connectivity index (χ0n) is 13.0. The molecule has 3 rings (SSSR count). The summed E-state index contributed by atoms with van der Waals surface area (Å²) in [4.78, 5) is 28.2.